The summed E-state index contributed by atoms with van der Waals surface area (Å²) in [5.41, 5.74) is 3.68. The van der Waals surface area contributed by atoms with Crippen molar-refractivity contribution in [2.75, 3.05) is 11.5 Å². The van der Waals surface area contributed by atoms with E-state index < -0.39 is 9.84 Å². The van der Waals surface area contributed by atoms with Gasteiger partial charge in [0.05, 0.1) is 17.2 Å². The highest BCUT2D eigenvalue weighted by Gasteiger charge is 2.29. The number of rotatable bonds is 4. The zero-order valence-electron chi connectivity index (χ0n) is 11.7. The normalized spacial score (nSPS) is 21.2. The van der Waals surface area contributed by atoms with Crippen LogP contribution in [0.4, 0.5) is 4.39 Å². The van der Waals surface area contributed by atoms with Gasteiger partial charge < -0.3 is 0 Å². The first-order valence-corrected chi connectivity index (χ1v) is 8.47. The van der Waals surface area contributed by atoms with Gasteiger partial charge in [-0.3, -0.25) is 4.79 Å². The number of hydrazone groups is 1. The van der Waals surface area contributed by atoms with Crippen LogP contribution >= 0.6 is 0 Å². The lowest BCUT2D eigenvalue weighted by Crippen LogP contribution is -2.22. The second-order valence-electron chi connectivity index (χ2n) is 5.21. The summed E-state index contributed by atoms with van der Waals surface area (Å²) in [6.07, 6.45) is 0.676. The number of halogens is 1. The zero-order chi connectivity index (χ0) is 15.5. The van der Waals surface area contributed by atoms with Gasteiger partial charge in [0.15, 0.2) is 9.84 Å². The second kappa shape index (κ2) is 6.34. The van der Waals surface area contributed by atoms with Crippen molar-refractivity contribution in [2.45, 2.75) is 19.8 Å². The van der Waals surface area contributed by atoms with E-state index in [2.05, 4.69) is 10.5 Å². The molecule has 7 heteroatoms. The van der Waals surface area contributed by atoms with Gasteiger partial charge in [0.25, 0.3) is 0 Å². The van der Waals surface area contributed by atoms with E-state index in [-0.39, 0.29) is 35.6 Å². The smallest absolute Gasteiger partial charge is 0.240 e. The maximum atomic E-state index is 12.8. The number of carbonyl (C=O) groups is 1. The average Bonchev–Trinajstić information content (AvgIpc) is 2.76. The Hall–Kier alpha value is -1.76. The van der Waals surface area contributed by atoms with Crippen LogP contribution in [-0.2, 0) is 14.6 Å². The van der Waals surface area contributed by atoms with Crippen molar-refractivity contribution >= 4 is 21.5 Å². The summed E-state index contributed by atoms with van der Waals surface area (Å²) in [5.74, 6) is -0.544. The summed E-state index contributed by atoms with van der Waals surface area (Å²) in [7, 11) is -2.97. The number of carbonyl (C=O) groups excluding carboxylic acids is 1. The van der Waals surface area contributed by atoms with Crippen molar-refractivity contribution in [1.82, 2.24) is 5.43 Å². The molecule has 1 amide bonds. The number of amides is 1. The van der Waals surface area contributed by atoms with E-state index in [0.29, 0.717) is 17.7 Å². The Kier molecular flexibility index (Phi) is 4.72. The standard InChI is InChI=1S/C14H17FN2O3S/c1-10(12-2-4-13(15)5-3-12)16-17-14(18)8-11-6-7-21(19,20)9-11/h2-5,11H,6-9H2,1H3,(H,17,18)/b16-10-/t11-/m1/s1. The third kappa shape index (κ3) is 4.63. The van der Waals surface area contributed by atoms with E-state index in [1.54, 1.807) is 19.1 Å². The van der Waals surface area contributed by atoms with Gasteiger partial charge in [-0.05, 0) is 37.0 Å². The van der Waals surface area contributed by atoms with E-state index in [1.165, 1.54) is 12.1 Å². The Morgan fingerprint density at radius 2 is 2.05 bits per heavy atom. The fourth-order valence-corrected chi connectivity index (χ4v) is 4.10. The summed E-state index contributed by atoms with van der Waals surface area (Å²) in [6, 6.07) is 5.78. The van der Waals surface area contributed by atoms with E-state index in [1.807, 2.05) is 0 Å². The van der Waals surface area contributed by atoms with Crippen LogP contribution in [0.15, 0.2) is 29.4 Å². The number of hydrogen-bond acceptors (Lipinski definition) is 4. The maximum absolute atomic E-state index is 12.8. The molecule has 1 N–H and O–H groups in total. The molecular weight excluding hydrogens is 295 g/mol. The topological polar surface area (TPSA) is 75.6 Å². The highest BCUT2D eigenvalue weighted by atomic mass is 32.2. The number of nitrogens with one attached hydrogen (secondary N) is 1. The Morgan fingerprint density at radius 3 is 2.62 bits per heavy atom. The van der Waals surface area contributed by atoms with Gasteiger partial charge in [0, 0.05) is 6.42 Å². The van der Waals surface area contributed by atoms with Gasteiger partial charge >= 0.3 is 0 Å². The number of hydrogen-bond donors (Lipinski definition) is 1. The molecule has 0 unspecified atom stereocenters. The first kappa shape index (κ1) is 15.6. The van der Waals surface area contributed by atoms with Crippen molar-refractivity contribution in [3.63, 3.8) is 0 Å². The number of benzene rings is 1. The van der Waals surface area contributed by atoms with E-state index in [9.17, 15) is 17.6 Å². The minimum absolute atomic E-state index is 0.0705. The van der Waals surface area contributed by atoms with Crippen LogP contribution in [0, 0.1) is 11.7 Å². The van der Waals surface area contributed by atoms with Crippen LogP contribution in [0.2, 0.25) is 0 Å². The molecule has 0 saturated carbocycles. The first-order chi connectivity index (χ1) is 9.85. The lowest BCUT2D eigenvalue weighted by molar-refractivity contribution is -0.121. The van der Waals surface area contributed by atoms with Crippen molar-refractivity contribution in [1.29, 1.82) is 0 Å². The quantitative estimate of drug-likeness (QED) is 0.676. The van der Waals surface area contributed by atoms with Gasteiger partial charge in [-0.1, -0.05) is 12.1 Å². The molecule has 0 radical (unpaired) electrons. The van der Waals surface area contributed by atoms with E-state index >= 15 is 0 Å². The SMILES string of the molecule is C/C(=N/NC(=O)C[C@H]1CCS(=O)(=O)C1)c1ccc(F)cc1. The predicted octanol–water partition coefficient (Wildman–Crippen LogP) is 1.49. The largest absolute Gasteiger partial charge is 0.273 e. The Balaban J connectivity index is 1.88. The summed E-state index contributed by atoms with van der Waals surface area (Å²) < 4.78 is 35.4. The second-order valence-corrected chi connectivity index (χ2v) is 7.44. The van der Waals surface area contributed by atoms with Gasteiger partial charge in [0.1, 0.15) is 5.82 Å². The molecule has 114 valence electrons. The molecule has 1 saturated heterocycles. The molecule has 2 rings (SSSR count). The number of sulfone groups is 1. The van der Waals surface area contributed by atoms with Crippen LogP contribution < -0.4 is 5.43 Å². The van der Waals surface area contributed by atoms with Crippen LogP contribution in [0.1, 0.15) is 25.3 Å². The van der Waals surface area contributed by atoms with Crippen molar-refractivity contribution in [3.05, 3.63) is 35.6 Å². The van der Waals surface area contributed by atoms with Crippen molar-refractivity contribution in [3.8, 4) is 0 Å². The highest BCUT2D eigenvalue weighted by Crippen LogP contribution is 2.21. The molecule has 0 aliphatic carbocycles. The molecule has 1 aromatic rings. The van der Waals surface area contributed by atoms with Crippen LogP contribution in [0.25, 0.3) is 0 Å². The molecule has 5 nitrogen and oxygen atoms in total. The van der Waals surface area contributed by atoms with Gasteiger partial charge in [-0.2, -0.15) is 5.10 Å². The third-order valence-corrected chi connectivity index (χ3v) is 5.25. The van der Waals surface area contributed by atoms with Gasteiger partial charge in [-0.15, -0.1) is 0 Å². The monoisotopic (exact) mass is 312 g/mol. The van der Waals surface area contributed by atoms with Crippen LogP contribution in [0.5, 0.6) is 0 Å². The molecule has 1 aliphatic rings. The molecule has 1 heterocycles. The van der Waals surface area contributed by atoms with Crippen LogP contribution in [0.3, 0.4) is 0 Å². The third-order valence-electron chi connectivity index (χ3n) is 3.41. The highest BCUT2D eigenvalue weighted by molar-refractivity contribution is 7.91. The Bertz CT molecular complexity index is 653. The molecule has 1 aromatic carbocycles. The lowest BCUT2D eigenvalue weighted by Gasteiger charge is -2.06. The summed E-state index contributed by atoms with van der Waals surface area (Å²) >= 11 is 0. The average molecular weight is 312 g/mol. The summed E-state index contributed by atoms with van der Waals surface area (Å²) in [4.78, 5) is 11.7. The fourth-order valence-electron chi connectivity index (χ4n) is 2.24. The molecule has 0 bridgehead atoms. The maximum Gasteiger partial charge on any atom is 0.240 e. The van der Waals surface area contributed by atoms with Crippen molar-refractivity contribution < 1.29 is 17.6 Å². The fraction of sp³-hybridized carbons (Fsp3) is 0.429. The van der Waals surface area contributed by atoms with Crippen LogP contribution in [-0.4, -0.2) is 31.5 Å². The molecule has 1 fully saturated rings. The molecule has 21 heavy (non-hydrogen) atoms. The minimum Gasteiger partial charge on any atom is -0.273 e. The summed E-state index contributed by atoms with van der Waals surface area (Å²) in [6.45, 7) is 1.70. The first-order valence-electron chi connectivity index (χ1n) is 6.65. The van der Waals surface area contributed by atoms with Gasteiger partial charge in [0.2, 0.25) is 5.91 Å². The lowest BCUT2D eigenvalue weighted by atomic mass is 10.1. The molecule has 1 aliphatic heterocycles. The Morgan fingerprint density at radius 1 is 1.38 bits per heavy atom. The molecule has 1 atom stereocenters. The van der Waals surface area contributed by atoms with Gasteiger partial charge in [-0.25, -0.2) is 18.2 Å². The molecule has 0 aromatic heterocycles. The van der Waals surface area contributed by atoms with E-state index in [0.717, 1.165) is 0 Å². The molecule has 0 spiro atoms. The minimum atomic E-state index is -2.97. The molecular formula is C14H17FN2O3S. The van der Waals surface area contributed by atoms with E-state index in [4.69, 9.17) is 0 Å². The zero-order valence-corrected chi connectivity index (χ0v) is 12.5. The van der Waals surface area contributed by atoms with Crippen molar-refractivity contribution in [2.24, 2.45) is 11.0 Å². The predicted molar refractivity (Wildman–Crippen MR) is 78.1 cm³/mol. The number of nitrogens with zero attached hydrogens (tertiary/aromatic N) is 1. The Labute approximate surface area is 123 Å². The summed E-state index contributed by atoms with van der Waals surface area (Å²) in [5, 5.41) is 3.95.